The zero-order chi connectivity index (χ0) is 15.2. The molecule has 1 aliphatic carbocycles. The van der Waals surface area contributed by atoms with Gasteiger partial charge in [-0.15, -0.1) is 0 Å². The molecule has 3 atom stereocenters. The van der Waals surface area contributed by atoms with Gasteiger partial charge in [-0.05, 0) is 50.2 Å². The van der Waals surface area contributed by atoms with Crippen molar-refractivity contribution in [1.29, 1.82) is 0 Å². The Hall–Kier alpha value is -0.860. The van der Waals surface area contributed by atoms with Crippen molar-refractivity contribution in [3.05, 3.63) is 35.4 Å². The molecule has 2 nitrogen and oxygen atoms in total. The van der Waals surface area contributed by atoms with E-state index >= 15 is 0 Å². The molecule has 0 aromatic heterocycles. The highest BCUT2D eigenvalue weighted by Crippen LogP contribution is 2.33. The van der Waals surface area contributed by atoms with Crippen molar-refractivity contribution >= 4 is 0 Å². The Bertz CT molecular complexity index is 408. The molecule has 0 bridgehead atoms. The third kappa shape index (κ3) is 4.55. The minimum atomic E-state index is -0.431. The van der Waals surface area contributed by atoms with Crippen molar-refractivity contribution in [3.63, 3.8) is 0 Å². The van der Waals surface area contributed by atoms with E-state index < -0.39 is 6.10 Å². The molecule has 21 heavy (non-hydrogen) atoms. The van der Waals surface area contributed by atoms with Crippen LogP contribution in [0.1, 0.15) is 82.4 Å². The van der Waals surface area contributed by atoms with E-state index in [9.17, 15) is 5.11 Å². The van der Waals surface area contributed by atoms with E-state index in [-0.39, 0.29) is 6.04 Å². The van der Waals surface area contributed by atoms with Crippen LogP contribution >= 0.6 is 0 Å². The van der Waals surface area contributed by atoms with Gasteiger partial charge in [-0.3, -0.25) is 0 Å². The number of aliphatic hydroxyl groups is 1. The molecule has 2 rings (SSSR count). The largest absolute Gasteiger partial charge is 0.387 e. The fraction of sp³-hybridized carbons (Fsp3) is 0.684. The number of aliphatic hydroxyl groups excluding tert-OH is 1. The molecule has 0 saturated heterocycles. The zero-order valence-corrected chi connectivity index (χ0v) is 13.8. The molecule has 0 spiro atoms. The van der Waals surface area contributed by atoms with E-state index in [1.54, 1.807) is 0 Å². The van der Waals surface area contributed by atoms with E-state index in [1.165, 1.54) is 37.7 Å². The first-order valence-corrected chi connectivity index (χ1v) is 8.65. The van der Waals surface area contributed by atoms with Crippen molar-refractivity contribution in [2.75, 3.05) is 0 Å². The first-order chi connectivity index (χ1) is 10.1. The number of hydrogen-bond donors (Lipinski definition) is 2. The van der Waals surface area contributed by atoms with Gasteiger partial charge >= 0.3 is 0 Å². The monoisotopic (exact) mass is 289 g/mol. The van der Waals surface area contributed by atoms with Crippen LogP contribution in [-0.4, -0.2) is 17.2 Å². The lowest BCUT2D eigenvalue weighted by Crippen LogP contribution is -2.38. The molecule has 0 heterocycles. The molecule has 1 fully saturated rings. The Kier molecular flexibility index (Phi) is 6.25. The van der Waals surface area contributed by atoms with Crippen LogP contribution in [0, 0.1) is 0 Å². The predicted molar refractivity (Wildman–Crippen MR) is 89.6 cm³/mol. The third-order valence-corrected chi connectivity index (χ3v) is 4.99. The van der Waals surface area contributed by atoms with Gasteiger partial charge in [-0.2, -0.15) is 0 Å². The maximum Gasteiger partial charge on any atom is 0.0940 e. The topological polar surface area (TPSA) is 32.3 Å². The number of nitrogens with one attached hydrogen (secondary N) is 1. The second-order valence-electron chi connectivity index (χ2n) is 6.71. The number of hydrogen-bond acceptors (Lipinski definition) is 2. The summed E-state index contributed by atoms with van der Waals surface area (Å²) in [4.78, 5) is 0. The van der Waals surface area contributed by atoms with Crippen LogP contribution in [0.2, 0.25) is 0 Å². The van der Waals surface area contributed by atoms with Crippen molar-refractivity contribution in [2.45, 2.75) is 83.4 Å². The Morgan fingerprint density at radius 2 is 1.71 bits per heavy atom. The molecule has 1 aromatic rings. The summed E-state index contributed by atoms with van der Waals surface area (Å²) in [6.07, 6.45) is 7.43. The quantitative estimate of drug-likeness (QED) is 0.805. The minimum Gasteiger partial charge on any atom is -0.387 e. The molecule has 0 radical (unpaired) electrons. The summed E-state index contributed by atoms with van der Waals surface area (Å²) in [6, 6.07) is 9.21. The molecule has 1 aliphatic rings. The van der Waals surface area contributed by atoms with Gasteiger partial charge in [0, 0.05) is 12.1 Å². The normalized spacial score (nSPS) is 21.0. The number of rotatable bonds is 6. The first-order valence-electron chi connectivity index (χ1n) is 8.65. The molecule has 2 heteroatoms. The molecule has 0 aliphatic heterocycles. The highest BCUT2D eigenvalue weighted by atomic mass is 16.3. The average Bonchev–Trinajstić information content (AvgIpc) is 2.55. The van der Waals surface area contributed by atoms with Crippen molar-refractivity contribution < 1.29 is 5.11 Å². The van der Waals surface area contributed by atoms with Gasteiger partial charge in [0.1, 0.15) is 0 Å². The van der Waals surface area contributed by atoms with Gasteiger partial charge in [0.25, 0.3) is 0 Å². The predicted octanol–water partition coefficient (Wildman–Crippen LogP) is 4.54. The smallest absolute Gasteiger partial charge is 0.0940 e. The van der Waals surface area contributed by atoms with E-state index in [0.717, 1.165) is 17.9 Å². The van der Waals surface area contributed by atoms with E-state index in [1.807, 2.05) is 0 Å². The fourth-order valence-corrected chi connectivity index (χ4v) is 3.35. The Morgan fingerprint density at radius 3 is 2.29 bits per heavy atom. The van der Waals surface area contributed by atoms with Crippen LogP contribution < -0.4 is 5.32 Å². The molecule has 2 N–H and O–H groups in total. The first kappa shape index (κ1) is 16.5. The van der Waals surface area contributed by atoms with E-state index in [0.29, 0.717) is 6.04 Å². The Labute approximate surface area is 130 Å². The van der Waals surface area contributed by atoms with Crippen LogP contribution in [0.3, 0.4) is 0 Å². The number of benzene rings is 1. The van der Waals surface area contributed by atoms with Gasteiger partial charge in [0.05, 0.1) is 6.10 Å². The van der Waals surface area contributed by atoms with Gasteiger partial charge < -0.3 is 10.4 Å². The van der Waals surface area contributed by atoms with Crippen molar-refractivity contribution in [3.8, 4) is 0 Å². The second-order valence-corrected chi connectivity index (χ2v) is 6.71. The molecule has 1 saturated carbocycles. The minimum absolute atomic E-state index is 0.0838. The SMILES string of the molecule is CCC(C)NC(C)C(O)c1ccc(C2CCCCC2)cc1. The fourth-order valence-electron chi connectivity index (χ4n) is 3.35. The van der Waals surface area contributed by atoms with Crippen LogP contribution in [-0.2, 0) is 0 Å². The van der Waals surface area contributed by atoms with Crippen LogP contribution in [0.4, 0.5) is 0 Å². The summed E-state index contributed by atoms with van der Waals surface area (Å²) in [5.41, 5.74) is 2.48. The van der Waals surface area contributed by atoms with Crippen LogP contribution in [0.15, 0.2) is 24.3 Å². The average molecular weight is 289 g/mol. The molecule has 0 amide bonds. The maximum atomic E-state index is 10.5. The highest BCUT2D eigenvalue weighted by molar-refractivity contribution is 5.27. The van der Waals surface area contributed by atoms with Gasteiger partial charge in [0.2, 0.25) is 0 Å². The van der Waals surface area contributed by atoms with Gasteiger partial charge in [0.15, 0.2) is 0 Å². The van der Waals surface area contributed by atoms with Crippen molar-refractivity contribution in [1.82, 2.24) is 5.32 Å². The standard InChI is InChI=1S/C19H31NO/c1-4-14(2)20-15(3)19(21)18-12-10-17(11-13-18)16-8-6-5-7-9-16/h10-16,19-21H,4-9H2,1-3H3. The second kappa shape index (κ2) is 7.95. The lowest BCUT2D eigenvalue weighted by molar-refractivity contribution is 0.130. The summed E-state index contributed by atoms with van der Waals surface area (Å²) < 4.78 is 0. The highest BCUT2D eigenvalue weighted by Gasteiger charge is 2.19. The Morgan fingerprint density at radius 1 is 1.10 bits per heavy atom. The van der Waals surface area contributed by atoms with Gasteiger partial charge in [-0.1, -0.05) is 50.5 Å². The summed E-state index contributed by atoms with van der Waals surface area (Å²) in [7, 11) is 0. The summed E-state index contributed by atoms with van der Waals surface area (Å²) in [5, 5.41) is 13.9. The van der Waals surface area contributed by atoms with Crippen LogP contribution in [0.5, 0.6) is 0 Å². The van der Waals surface area contributed by atoms with E-state index in [2.05, 4.69) is 50.4 Å². The molecular formula is C19H31NO. The van der Waals surface area contributed by atoms with E-state index in [4.69, 9.17) is 0 Å². The third-order valence-electron chi connectivity index (χ3n) is 4.99. The summed E-state index contributed by atoms with van der Waals surface area (Å²) >= 11 is 0. The molecule has 3 unspecified atom stereocenters. The molecule has 1 aromatic carbocycles. The summed E-state index contributed by atoms with van der Waals surface area (Å²) in [6.45, 7) is 6.39. The van der Waals surface area contributed by atoms with Crippen molar-refractivity contribution in [2.24, 2.45) is 0 Å². The molecular weight excluding hydrogens is 258 g/mol. The molecule has 118 valence electrons. The lowest BCUT2D eigenvalue weighted by atomic mass is 9.83. The summed E-state index contributed by atoms with van der Waals surface area (Å²) in [5.74, 6) is 0.737. The maximum absolute atomic E-state index is 10.5. The van der Waals surface area contributed by atoms with Gasteiger partial charge in [-0.25, -0.2) is 0 Å². The van der Waals surface area contributed by atoms with Crippen LogP contribution in [0.25, 0.3) is 0 Å². The zero-order valence-electron chi connectivity index (χ0n) is 13.8. The lowest BCUT2D eigenvalue weighted by Gasteiger charge is -2.25. The Balaban J connectivity index is 1.97.